The van der Waals surface area contributed by atoms with E-state index in [0.29, 0.717) is 0 Å². The highest BCUT2D eigenvalue weighted by Gasteiger charge is 2.80. The van der Waals surface area contributed by atoms with E-state index in [2.05, 4.69) is 0 Å². The fourth-order valence-electron chi connectivity index (χ4n) is 2.66. The second kappa shape index (κ2) is 4.17. The van der Waals surface area contributed by atoms with E-state index in [9.17, 15) is 9.59 Å². The summed E-state index contributed by atoms with van der Waals surface area (Å²) in [6.07, 6.45) is 1.94. The van der Waals surface area contributed by atoms with Crippen molar-refractivity contribution in [3.63, 3.8) is 0 Å². The summed E-state index contributed by atoms with van der Waals surface area (Å²) >= 11 is 0. The minimum Gasteiger partial charge on any atom is -0.468 e. The number of carbonyl (C=O) groups is 2. The van der Waals surface area contributed by atoms with Crippen LogP contribution in [0.15, 0.2) is 11.6 Å². The first-order valence-corrected chi connectivity index (χ1v) is 5.58. The second-order valence-electron chi connectivity index (χ2n) is 5.23. The van der Waals surface area contributed by atoms with Crippen molar-refractivity contribution in [1.82, 2.24) is 0 Å². The molecule has 1 aliphatic carbocycles. The van der Waals surface area contributed by atoms with Gasteiger partial charge in [-0.25, -0.2) is 0 Å². The molecule has 0 spiro atoms. The summed E-state index contributed by atoms with van der Waals surface area (Å²) in [5.74, 6) is -1.20. The Balaban J connectivity index is 3.24. The Bertz CT molecular complexity index is 359. The number of esters is 2. The zero-order valence-corrected chi connectivity index (χ0v) is 11.3. The van der Waals surface area contributed by atoms with E-state index in [1.807, 2.05) is 33.8 Å². The van der Waals surface area contributed by atoms with Crippen LogP contribution in [0.3, 0.4) is 0 Å². The largest absolute Gasteiger partial charge is 0.468 e. The molecule has 0 bridgehead atoms. The van der Waals surface area contributed by atoms with Crippen LogP contribution in [0, 0.1) is 16.7 Å². The van der Waals surface area contributed by atoms with E-state index in [1.54, 1.807) is 0 Å². The molecule has 0 aliphatic heterocycles. The van der Waals surface area contributed by atoms with E-state index in [-0.39, 0.29) is 5.92 Å². The van der Waals surface area contributed by atoms with Crippen molar-refractivity contribution in [2.75, 3.05) is 14.2 Å². The molecule has 0 heterocycles. The first-order chi connectivity index (χ1) is 7.76. The summed E-state index contributed by atoms with van der Waals surface area (Å²) in [6, 6.07) is 0. The van der Waals surface area contributed by atoms with Gasteiger partial charge >= 0.3 is 11.9 Å². The van der Waals surface area contributed by atoms with Crippen LogP contribution in [-0.2, 0) is 19.1 Å². The number of hydrogen-bond acceptors (Lipinski definition) is 4. The molecule has 0 aromatic rings. The molecule has 0 amide bonds. The van der Waals surface area contributed by atoms with Gasteiger partial charge in [0.1, 0.15) is 0 Å². The van der Waals surface area contributed by atoms with Crippen LogP contribution in [0.5, 0.6) is 0 Å². The van der Waals surface area contributed by atoms with Gasteiger partial charge in [-0.15, -0.1) is 0 Å². The third-order valence-electron chi connectivity index (χ3n) is 3.69. The van der Waals surface area contributed by atoms with E-state index in [4.69, 9.17) is 9.47 Å². The quantitative estimate of drug-likeness (QED) is 0.430. The zero-order valence-electron chi connectivity index (χ0n) is 11.3. The van der Waals surface area contributed by atoms with Gasteiger partial charge in [0.25, 0.3) is 0 Å². The Hall–Kier alpha value is -1.32. The van der Waals surface area contributed by atoms with Gasteiger partial charge < -0.3 is 9.47 Å². The highest BCUT2D eigenvalue weighted by atomic mass is 16.5. The van der Waals surface area contributed by atoms with E-state index < -0.39 is 22.8 Å². The molecule has 0 saturated heterocycles. The number of rotatable bonds is 3. The molecule has 1 saturated carbocycles. The standard InChI is InChI=1S/C13H20O4/c1-8(2)7-9-12(3,4)13(9,10(14)16-5)11(15)17-6/h7,9H,1-6H3. The molecule has 4 nitrogen and oxygen atoms in total. The lowest BCUT2D eigenvalue weighted by molar-refractivity contribution is -0.163. The molecule has 1 fully saturated rings. The third-order valence-corrected chi connectivity index (χ3v) is 3.69. The maximum absolute atomic E-state index is 12.0. The predicted molar refractivity (Wildman–Crippen MR) is 63.2 cm³/mol. The minimum atomic E-state index is -1.19. The molecule has 1 rings (SSSR count). The second-order valence-corrected chi connectivity index (χ2v) is 5.23. The monoisotopic (exact) mass is 240 g/mol. The first-order valence-electron chi connectivity index (χ1n) is 5.58. The van der Waals surface area contributed by atoms with Gasteiger partial charge in [0.15, 0.2) is 5.41 Å². The van der Waals surface area contributed by atoms with Crippen LogP contribution in [-0.4, -0.2) is 26.2 Å². The van der Waals surface area contributed by atoms with Crippen molar-refractivity contribution in [3.05, 3.63) is 11.6 Å². The maximum atomic E-state index is 12.0. The molecule has 96 valence electrons. The van der Waals surface area contributed by atoms with Crippen molar-refractivity contribution in [2.24, 2.45) is 16.7 Å². The Morgan fingerprint density at radius 1 is 1.06 bits per heavy atom. The summed E-state index contributed by atoms with van der Waals surface area (Å²) in [7, 11) is 2.59. The van der Waals surface area contributed by atoms with Crippen molar-refractivity contribution in [2.45, 2.75) is 27.7 Å². The molecular formula is C13H20O4. The number of allylic oxidation sites excluding steroid dienone is 2. The summed E-state index contributed by atoms with van der Waals surface area (Å²) in [4.78, 5) is 23.9. The molecule has 1 aliphatic rings. The lowest BCUT2D eigenvalue weighted by Gasteiger charge is -2.14. The van der Waals surface area contributed by atoms with Gasteiger partial charge in [0.2, 0.25) is 0 Å². The molecule has 0 radical (unpaired) electrons. The SMILES string of the molecule is COC(=O)C1(C(=O)OC)C(C=C(C)C)C1(C)C. The van der Waals surface area contributed by atoms with Gasteiger partial charge in [-0.1, -0.05) is 25.5 Å². The number of ether oxygens (including phenoxy) is 2. The lowest BCUT2D eigenvalue weighted by atomic mass is 9.96. The fraction of sp³-hybridized carbons (Fsp3) is 0.692. The highest BCUT2D eigenvalue weighted by molar-refractivity contribution is 6.06. The van der Waals surface area contributed by atoms with Gasteiger partial charge in [-0.3, -0.25) is 9.59 Å². The summed E-state index contributed by atoms with van der Waals surface area (Å²) in [5.41, 5.74) is -0.587. The van der Waals surface area contributed by atoms with Crippen LogP contribution in [0.4, 0.5) is 0 Å². The first kappa shape index (κ1) is 13.7. The third kappa shape index (κ3) is 1.66. The molecule has 1 unspecified atom stereocenters. The van der Waals surface area contributed by atoms with E-state index >= 15 is 0 Å². The topological polar surface area (TPSA) is 52.6 Å². The van der Waals surface area contributed by atoms with Crippen molar-refractivity contribution in [3.8, 4) is 0 Å². The Morgan fingerprint density at radius 3 is 1.76 bits per heavy atom. The molecule has 4 heteroatoms. The Labute approximate surface area is 102 Å². The van der Waals surface area contributed by atoms with E-state index in [1.165, 1.54) is 14.2 Å². The average Bonchev–Trinajstić information content (AvgIpc) is 2.73. The van der Waals surface area contributed by atoms with Gasteiger partial charge in [0.05, 0.1) is 14.2 Å². The van der Waals surface area contributed by atoms with Crippen LogP contribution in [0.25, 0.3) is 0 Å². The summed E-state index contributed by atoms with van der Waals surface area (Å²) in [5, 5.41) is 0. The summed E-state index contributed by atoms with van der Waals surface area (Å²) in [6.45, 7) is 7.64. The average molecular weight is 240 g/mol. The van der Waals surface area contributed by atoms with Crippen LogP contribution >= 0.6 is 0 Å². The normalized spacial score (nSPS) is 23.5. The predicted octanol–water partition coefficient (Wildman–Crippen LogP) is 1.94. The Kier molecular flexibility index (Phi) is 3.37. The number of carbonyl (C=O) groups excluding carboxylic acids is 2. The van der Waals surface area contributed by atoms with Gasteiger partial charge in [-0.05, 0) is 13.8 Å². The molecule has 0 aromatic heterocycles. The molecule has 0 aromatic carbocycles. The molecule has 17 heavy (non-hydrogen) atoms. The molecule has 1 atom stereocenters. The number of hydrogen-bond donors (Lipinski definition) is 0. The minimum absolute atomic E-state index is 0.167. The van der Waals surface area contributed by atoms with E-state index in [0.717, 1.165) is 5.57 Å². The van der Waals surface area contributed by atoms with Crippen molar-refractivity contribution in [1.29, 1.82) is 0 Å². The number of methoxy groups -OCH3 is 2. The van der Waals surface area contributed by atoms with Gasteiger partial charge in [0, 0.05) is 11.3 Å². The smallest absolute Gasteiger partial charge is 0.324 e. The lowest BCUT2D eigenvalue weighted by Crippen LogP contribution is -2.33. The van der Waals surface area contributed by atoms with Gasteiger partial charge in [-0.2, -0.15) is 0 Å². The zero-order chi connectivity index (χ0) is 13.4. The van der Waals surface area contributed by atoms with Crippen LogP contribution in [0.2, 0.25) is 0 Å². The van der Waals surface area contributed by atoms with Crippen molar-refractivity contribution < 1.29 is 19.1 Å². The maximum Gasteiger partial charge on any atom is 0.324 e. The fourth-order valence-corrected chi connectivity index (χ4v) is 2.66. The molecular weight excluding hydrogens is 220 g/mol. The van der Waals surface area contributed by atoms with Crippen molar-refractivity contribution >= 4 is 11.9 Å². The highest BCUT2D eigenvalue weighted by Crippen LogP contribution is 2.70. The van der Waals surface area contributed by atoms with Crippen LogP contribution in [0.1, 0.15) is 27.7 Å². The summed E-state index contributed by atoms with van der Waals surface area (Å²) < 4.78 is 9.56. The van der Waals surface area contributed by atoms with Crippen LogP contribution < -0.4 is 0 Å². The Morgan fingerprint density at radius 2 is 1.47 bits per heavy atom. The molecule has 0 N–H and O–H groups in total.